The Labute approximate surface area is 363 Å². The zero-order valence-electron chi connectivity index (χ0n) is 37.7. The molecule has 2 N–H and O–H groups in total. The van der Waals surface area contributed by atoms with Crippen LogP contribution in [0.3, 0.4) is 0 Å². The number of unbranched alkanes of at least 4 members (excludes halogenated alkanes) is 18. The second kappa shape index (κ2) is 28.8. The van der Waals surface area contributed by atoms with E-state index in [1.54, 1.807) is 0 Å². The number of rotatable bonds is 31. The van der Waals surface area contributed by atoms with E-state index in [2.05, 4.69) is 50.5 Å². The van der Waals surface area contributed by atoms with Gasteiger partial charge in [-0.3, -0.25) is 9.59 Å². The molecule has 0 fully saturated rings. The third kappa shape index (κ3) is 18.0. The van der Waals surface area contributed by atoms with E-state index in [0.717, 1.165) is 61.0 Å². The summed E-state index contributed by atoms with van der Waals surface area (Å²) in [5.41, 5.74) is 7.39. The maximum atomic E-state index is 13.4. The zero-order valence-corrected chi connectivity index (χ0v) is 37.7. The Morgan fingerprint density at radius 2 is 0.767 bits per heavy atom. The molecular formula is C54H76N2O4. The maximum absolute atomic E-state index is 13.4. The van der Waals surface area contributed by atoms with Crippen LogP contribution in [0.25, 0.3) is 0 Å². The number of hydrogen-bond acceptors (Lipinski definition) is 4. The fraction of sp³-hybridized carbons (Fsp3) is 0.519. The molecule has 0 aromatic heterocycles. The highest BCUT2D eigenvalue weighted by Gasteiger charge is 2.15. The smallest absolute Gasteiger partial charge is 0.259 e. The Kier molecular flexibility index (Phi) is 23.1. The molecule has 0 aliphatic rings. The van der Waals surface area contributed by atoms with E-state index in [-0.39, 0.29) is 11.8 Å². The molecule has 6 heteroatoms. The van der Waals surface area contributed by atoms with Crippen molar-refractivity contribution in [2.45, 2.75) is 169 Å². The van der Waals surface area contributed by atoms with E-state index < -0.39 is 0 Å². The Morgan fingerprint density at radius 1 is 0.433 bits per heavy atom. The lowest BCUT2D eigenvalue weighted by Crippen LogP contribution is -2.14. The topological polar surface area (TPSA) is 76.7 Å². The number of amides is 2. The minimum Gasteiger partial charge on any atom is -0.493 e. The summed E-state index contributed by atoms with van der Waals surface area (Å²) in [6.45, 7) is 9.96. The van der Waals surface area contributed by atoms with Crippen molar-refractivity contribution in [2.24, 2.45) is 0 Å². The standard InChI is InChI=1S/C54H76N2O4/c1-5-7-9-11-13-15-17-19-21-27-39-59-51-31-25-23-29-49(51)53(57)55-47-37-35-45(43(3)41-47)33-34-46-36-38-48(42-44(46)4)56-54(58)50-30-24-26-32-52(50)60-40-28-22-20-18-16-14-12-10-8-6-2/h23-26,29-32,35-38,41-42H,5-22,27-28,33-34,39-40H2,1-4H3,(H,55,57)(H,56,58). The van der Waals surface area contributed by atoms with Gasteiger partial charge in [0.2, 0.25) is 0 Å². The van der Waals surface area contributed by atoms with Crippen molar-refractivity contribution in [3.63, 3.8) is 0 Å². The second-order valence-electron chi connectivity index (χ2n) is 16.7. The molecule has 0 atom stereocenters. The molecule has 60 heavy (non-hydrogen) atoms. The van der Waals surface area contributed by atoms with Crippen LogP contribution in [0.1, 0.15) is 185 Å². The highest BCUT2D eigenvalue weighted by Crippen LogP contribution is 2.25. The van der Waals surface area contributed by atoms with Gasteiger partial charge in [0.15, 0.2) is 0 Å². The molecule has 4 aromatic carbocycles. The molecule has 6 nitrogen and oxygen atoms in total. The monoisotopic (exact) mass is 817 g/mol. The SMILES string of the molecule is CCCCCCCCCCCCOc1ccccc1C(=O)Nc1ccc(CCc2ccc(NC(=O)c3ccccc3OCCCCCCCCCCCC)cc2C)c(C)c1. The van der Waals surface area contributed by atoms with Gasteiger partial charge in [0.25, 0.3) is 11.8 Å². The molecule has 326 valence electrons. The molecule has 4 aromatic rings. The number of benzene rings is 4. The lowest BCUT2D eigenvalue weighted by molar-refractivity contribution is 0.101. The van der Waals surface area contributed by atoms with Crippen molar-refractivity contribution in [2.75, 3.05) is 23.8 Å². The van der Waals surface area contributed by atoms with Gasteiger partial charge in [0.1, 0.15) is 11.5 Å². The molecule has 2 amide bonds. The first-order valence-electron chi connectivity index (χ1n) is 23.6. The van der Waals surface area contributed by atoms with Crippen LogP contribution in [-0.4, -0.2) is 25.0 Å². The van der Waals surface area contributed by atoms with Crippen LogP contribution in [0.2, 0.25) is 0 Å². The molecule has 0 heterocycles. The molecular weight excluding hydrogens is 741 g/mol. The van der Waals surface area contributed by atoms with Crippen molar-refractivity contribution in [1.29, 1.82) is 0 Å². The second-order valence-corrected chi connectivity index (χ2v) is 16.7. The van der Waals surface area contributed by atoms with Gasteiger partial charge in [-0.2, -0.15) is 0 Å². The molecule has 0 aliphatic heterocycles. The zero-order chi connectivity index (χ0) is 42.6. The van der Waals surface area contributed by atoms with E-state index in [9.17, 15) is 9.59 Å². The lowest BCUT2D eigenvalue weighted by atomic mass is 9.97. The van der Waals surface area contributed by atoms with Gasteiger partial charge in [-0.15, -0.1) is 0 Å². The maximum Gasteiger partial charge on any atom is 0.259 e. The van der Waals surface area contributed by atoms with Crippen LogP contribution in [0.4, 0.5) is 11.4 Å². The number of carbonyl (C=O) groups excluding carboxylic acids is 2. The predicted octanol–water partition coefficient (Wildman–Crippen LogP) is 15.2. The average molecular weight is 817 g/mol. The summed E-state index contributed by atoms with van der Waals surface area (Å²) in [5, 5.41) is 6.19. The van der Waals surface area contributed by atoms with Crippen molar-refractivity contribution >= 4 is 23.2 Å². The number of hydrogen-bond donors (Lipinski definition) is 2. The van der Waals surface area contributed by atoms with Crippen molar-refractivity contribution < 1.29 is 19.1 Å². The third-order valence-electron chi connectivity index (χ3n) is 11.6. The summed E-state index contributed by atoms with van der Waals surface area (Å²) < 4.78 is 12.2. The summed E-state index contributed by atoms with van der Waals surface area (Å²) in [6, 6.07) is 27.3. The van der Waals surface area contributed by atoms with Crippen LogP contribution in [-0.2, 0) is 12.8 Å². The highest BCUT2D eigenvalue weighted by molar-refractivity contribution is 6.07. The number of nitrogens with one attached hydrogen (secondary N) is 2. The molecule has 0 saturated carbocycles. The van der Waals surface area contributed by atoms with Crippen molar-refractivity contribution in [3.8, 4) is 11.5 Å². The van der Waals surface area contributed by atoms with Gasteiger partial charge in [0, 0.05) is 11.4 Å². The highest BCUT2D eigenvalue weighted by atomic mass is 16.5. The predicted molar refractivity (Wildman–Crippen MR) is 253 cm³/mol. The average Bonchev–Trinajstić information content (AvgIpc) is 3.25. The summed E-state index contributed by atoms with van der Waals surface area (Å²) >= 11 is 0. The summed E-state index contributed by atoms with van der Waals surface area (Å²) in [7, 11) is 0. The van der Waals surface area contributed by atoms with Gasteiger partial charge in [0.05, 0.1) is 24.3 Å². The Hall–Kier alpha value is -4.58. The Balaban J connectivity index is 1.18. The first-order valence-corrected chi connectivity index (χ1v) is 23.6. The third-order valence-corrected chi connectivity index (χ3v) is 11.6. The van der Waals surface area contributed by atoms with Gasteiger partial charge >= 0.3 is 0 Å². The van der Waals surface area contributed by atoms with E-state index in [1.807, 2.05) is 72.8 Å². The van der Waals surface area contributed by atoms with E-state index in [0.29, 0.717) is 35.8 Å². The fourth-order valence-electron chi connectivity index (χ4n) is 7.88. The summed E-state index contributed by atoms with van der Waals surface area (Å²) in [4.78, 5) is 26.7. The number of para-hydroxylation sites is 2. The van der Waals surface area contributed by atoms with Gasteiger partial charge in [-0.1, -0.05) is 166 Å². The first kappa shape index (κ1) is 48.1. The van der Waals surface area contributed by atoms with Gasteiger partial charge < -0.3 is 20.1 Å². The minimum absolute atomic E-state index is 0.163. The minimum atomic E-state index is -0.163. The molecule has 0 saturated heterocycles. The van der Waals surface area contributed by atoms with Crippen molar-refractivity contribution in [3.05, 3.63) is 118 Å². The normalized spacial score (nSPS) is 11.1. The van der Waals surface area contributed by atoms with Crippen LogP contribution >= 0.6 is 0 Å². The Bertz CT molecular complexity index is 1700. The molecule has 0 aliphatic carbocycles. The fourth-order valence-corrected chi connectivity index (χ4v) is 7.88. The van der Waals surface area contributed by atoms with Gasteiger partial charge in [-0.25, -0.2) is 0 Å². The molecule has 0 spiro atoms. The molecule has 0 radical (unpaired) electrons. The molecule has 4 rings (SSSR count). The van der Waals surface area contributed by atoms with Crippen LogP contribution in [0.15, 0.2) is 84.9 Å². The van der Waals surface area contributed by atoms with E-state index >= 15 is 0 Å². The number of carbonyl (C=O) groups is 2. The number of anilines is 2. The van der Waals surface area contributed by atoms with E-state index in [1.165, 1.54) is 114 Å². The Morgan fingerprint density at radius 3 is 1.12 bits per heavy atom. The van der Waals surface area contributed by atoms with E-state index in [4.69, 9.17) is 9.47 Å². The number of aryl methyl sites for hydroxylation is 4. The largest absolute Gasteiger partial charge is 0.493 e. The van der Waals surface area contributed by atoms with Gasteiger partial charge in [-0.05, 0) is 110 Å². The van der Waals surface area contributed by atoms with Crippen LogP contribution in [0, 0.1) is 13.8 Å². The summed E-state index contributed by atoms with van der Waals surface area (Å²) in [5.74, 6) is 0.940. The van der Waals surface area contributed by atoms with Crippen LogP contribution < -0.4 is 20.1 Å². The first-order chi connectivity index (χ1) is 29.4. The van der Waals surface area contributed by atoms with Crippen molar-refractivity contribution in [1.82, 2.24) is 0 Å². The molecule has 0 bridgehead atoms. The molecule has 0 unspecified atom stereocenters. The quantitative estimate of drug-likeness (QED) is 0.0496. The number of ether oxygens (including phenoxy) is 2. The van der Waals surface area contributed by atoms with Crippen LogP contribution in [0.5, 0.6) is 11.5 Å². The lowest BCUT2D eigenvalue weighted by Gasteiger charge is -2.14. The summed E-state index contributed by atoms with van der Waals surface area (Å²) in [6.07, 6.45) is 27.3.